The maximum absolute atomic E-state index is 12.0. The lowest BCUT2D eigenvalue weighted by Crippen LogP contribution is -2.33. The van der Waals surface area contributed by atoms with Gasteiger partial charge in [0.15, 0.2) is 0 Å². The number of carbonyl (C=O) groups excluding carboxylic acids is 1. The molecule has 0 bridgehead atoms. The molecule has 1 fully saturated rings. The Hall–Kier alpha value is -1.26. The second kappa shape index (κ2) is 5.59. The molecule has 1 atom stereocenters. The van der Waals surface area contributed by atoms with Crippen LogP contribution in [0.2, 0.25) is 5.02 Å². The molecule has 1 aliphatic heterocycles. The first kappa shape index (κ1) is 13.2. The molecule has 2 rings (SSSR count). The van der Waals surface area contributed by atoms with E-state index in [0.29, 0.717) is 23.8 Å². The number of benzene rings is 1. The molecule has 1 aliphatic rings. The zero-order valence-corrected chi connectivity index (χ0v) is 11.1. The fourth-order valence-corrected chi connectivity index (χ4v) is 2.36. The van der Waals surface area contributed by atoms with Crippen LogP contribution in [0.1, 0.15) is 12.0 Å². The van der Waals surface area contributed by atoms with Crippen LogP contribution in [0.15, 0.2) is 18.2 Å². The van der Waals surface area contributed by atoms with Gasteiger partial charge < -0.3 is 15.3 Å². The van der Waals surface area contributed by atoms with E-state index in [1.807, 2.05) is 19.1 Å². The van der Waals surface area contributed by atoms with E-state index in [1.54, 1.807) is 11.0 Å². The molecular formula is C13H17ClN2O2. The summed E-state index contributed by atoms with van der Waals surface area (Å²) >= 11 is 6.06. The second-order valence-electron chi connectivity index (χ2n) is 4.70. The monoisotopic (exact) mass is 268 g/mol. The Balaban J connectivity index is 1.99. The quantitative estimate of drug-likeness (QED) is 0.866. The number of hydrogen-bond acceptors (Lipinski definition) is 2. The van der Waals surface area contributed by atoms with Gasteiger partial charge in [-0.3, -0.25) is 0 Å². The topological polar surface area (TPSA) is 52.6 Å². The number of hydrogen-bond donors (Lipinski definition) is 2. The third-order valence-electron chi connectivity index (χ3n) is 3.20. The first-order valence-electron chi connectivity index (χ1n) is 6.03. The van der Waals surface area contributed by atoms with Gasteiger partial charge in [0.05, 0.1) is 10.7 Å². The molecule has 0 aliphatic carbocycles. The van der Waals surface area contributed by atoms with Gasteiger partial charge in [-0.15, -0.1) is 0 Å². The minimum absolute atomic E-state index is 0.134. The zero-order chi connectivity index (χ0) is 13.1. The van der Waals surface area contributed by atoms with Gasteiger partial charge in [0.25, 0.3) is 0 Å². The van der Waals surface area contributed by atoms with Crippen LogP contribution >= 0.6 is 11.6 Å². The Morgan fingerprint density at radius 2 is 2.39 bits per heavy atom. The van der Waals surface area contributed by atoms with Crippen LogP contribution in [0.4, 0.5) is 10.5 Å². The number of nitrogens with zero attached hydrogens (tertiary/aromatic N) is 1. The third-order valence-corrected chi connectivity index (χ3v) is 3.51. The number of amides is 2. The zero-order valence-electron chi connectivity index (χ0n) is 10.3. The Kier molecular flexibility index (Phi) is 4.09. The maximum atomic E-state index is 12.0. The Morgan fingerprint density at radius 1 is 1.61 bits per heavy atom. The Morgan fingerprint density at radius 3 is 3.00 bits per heavy atom. The average molecular weight is 269 g/mol. The molecule has 4 nitrogen and oxygen atoms in total. The molecule has 5 heteroatoms. The van der Waals surface area contributed by atoms with Gasteiger partial charge in [0.2, 0.25) is 0 Å². The van der Waals surface area contributed by atoms with Crippen molar-refractivity contribution in [1.82, 2.24) is 4.90 Å². The van der Waals surface area contributed by atoms with E-state index in [0.717, 1.165) is 12.0 Å². The predicted octanol–water partition coefficient (Wildman–Crippen LogP) is 2.49. The summed E-state index contributed by atoms with van der Waals surface area (Å²) in [4.78, 5) is 13.7. The van der Waals surface area contributed by atoms with Crippen molar-refractivity contribution < 1.29 is 9.90 Å². The molecule has 1 saturated heterocycles. The maximum Gasteiger partial charge on any atom is 0.321 e. The van der Waals surface area contributed by atoms with Crippen molar-refractivity contribution in [1.29, 1.82) is 0 Å². The number of carbonyl (C=O) groups is 1. The number of aliphatic hydroxyl groups is 1. The van der Waals surface area contributed by atoms with Crippen molar-refractivity contribution in [2.45, 2.75) is 13.3 Å². The summed E-state index contributed by atoms with van der Waals surface area (Å²) in [5.41, 5.74) is 1.68. The standard InChI is InChI=1S/C13H17ClN2O2/c1-9-2-3-12(11(14)6-9)15-13(18)16-5-4-10(7-16)8-17/h2-3,6,10,17H,4-5,7-8H2,1H3,(H,15,18). The van der Waals surface area contributed by atoms with Crippen molar-refractivity contribution in [3.63, 3.8) is 0 Å². The normalized spacial score (nSPS) is 19.1. The molecule has 0 saturated carbocycles. The first-order valence-corrected chi connectivity index (χ1v) is 6.41. The molecule has 1 unspecified atom stereocenters. The van der Waals surface area contributed by atoms with E-state index < -0.39 is 0 Å². The molecule has 2 N–H and O–H groups in total. The number of aliphatic hydroxyl groups excluding tert-OH is 1. The lowest BCUT2D eigenvalue weighted by atomic mass is 10.1. The smallest absolute Gasteiger partial charge is 0.321 e. The van der Waals surface area contributed by atoms with Crippen LogP contribution in [-0.2, 0) is 0 Å². The van der Waals surface area contributed by atoms with Crippen molar-refractivity contribution in [2.75, 3.05) is 25.0 Å². The number of rotatable bonds is 2. The SMILES string of the molecule is Cc1ccc(NC(=O)N2CCC(CO)C2)c(Cl)c1. The number of halogens is 1. The number of urea groups is 1. The highest BCUT2D eigenvalue weighted by molar-refractivity contribution is 6.33. The summed E-state index contributed by atoms with van der Waals surface area (Å²) in [6.07, 6.45) is 0.853. The van der Waals surface area contributed by atoms with Crippen molar-refractivity contribution in [3.05, 3.63) is 28.8 Å². The molecule has 1 aromatic rings. The minimum atomic E-state index is -0.156. The summed E-state index contributed by atoms with van der Waals surface area (Å²) in [6.45, 7) is 3.37. The molecule has 98 valence electrons. The highest BCUT2D eigenvalue weighted by Crippen LogP contribution is 2.24. The molecule has 0 spiro atoms. The lowest BCUT2D eigenvalue weighted by molar-refractivity contribution is 0.209. The van der Waals surface area contributed by atoms with Gasteiger partial charge in [-0.25, -0.2) is 4.79 Å². The van der Waals surface area contributed by atoms with Gasteiger partial charge in [0, 0.05) is 25.6 Å². The highest BCUT2D eigenvalue weighted by Gasteiger charge is 2.25. The number of aryl methyl sites for hydroxylation is 1. The van der Waals surface area contributed by atoms with Gasteiger partial charge in [0.1, 0.15) is 0 Å². The molecule has 18 heavy (non-hydrogen) atoms. The van der Waals surface area contributed by atoms with Crippen LogP contribution in [0.25, 0.3) is 0 Å². The van der Waals surface area contributed by atoms with Gasteiger partial charge in [-0.1, -0.05) is 17.7 Å². The highest BCUT2D eigenvalue weighted by atomic mass is 35.5. The van der Waals surface area contributed by atoms with Crippen LogP contribution in [0.3, 0.4) is 0 Å². The van der Waals surface area contributed by atoms with Crippen LogP contribution in [-0.4, -0.2) is 35.7 Å². The lowest BCUT2D eigenvalue weighted by Gasteiger charge is -2.17. The molecule has 1 heterocycles. The average Bonchev–Trinajstić information content (AvgIpc) is 2.81. The van der Waals surface area contributed by atoms with Gasteiger partial charge >= 0.3 is 6.03 Å². The summed E-state index contributed by atoms with van der Waals surface area (Å²) in [7, 11) is 0. The van der Waals surface area contributed by atoms with Crippen LogP contribution in [0, 0.1) is 12.8 Å². The van der Waals surface area contributed by atoms with E-state index in [4.69, 9.17) is 16.7 Å². The minimum Gasteiger partial charge on any atom is -0.396 e. The van der Waals surface area contributed by atoms with Crippen LogP contribution in [0.5, 0.6) is 0 Å². The Labute approximate surface area is 112 Å². The molecular weight excluding hydrogens is 252 g/mol. The molecule has 1 aromatic carbocycles. The number of anilines is 1. The number of nitrogens with one attached hydrogen (secondary N) is 1. The summed E-state index contributed by atoms with van der Waals surface area (Å²) < 4.78 is 0. The third kappa shape index (κ3) is 2.94. The largest absolute Gasteiger partial charge is 0.396 e. The Bertz CT molecular complexity index is 451. The van der Waals surface area contributed by atoms with E-state index in [-0.39, 0.29) is 18.6 Å². The fourth-order valence-electron chi connectivity index (χ4n) is 2.08. The summed E-state index contributed by atoms with van der Waals surface area (Å²) in [6, 6.07) is 5.37. The molecule has 0 aromatic heterocycles. The fraction of sp³-hybridized carbons (Fsp3) is 0.462. The van der Waals surface area contributed by atoms with E-state index in [1.165, 1.54) is 0 Å². The van der Waals surface area contributed by atoms with E-state index in [9.17, 15) is 4.79 Å². The molecule has 0 radical (unpaired) electrons. The number of likely N-dealkylation sites (tertiary alicyclic amines) is 1. The van der Waals surface area contributed by atoms with Crippen molar-refractivity contribution >= 4 is 23.3 Å². The van der Waals surface area contributed by atoms with Crippen LogP contribution < -0.4 is 5.32 Å². The van der Waals surface area contributed by atoms with Crippen molar-refractivity contribution in [3.8, 4) is 0 Å². The summed E-state index contributed by atoms with van der Waals surface area (Å²) in [5, 5.41) is 12.4. The summed E-state index contributed by atoms with van der Waals surface area (Å²) in [5.74, 6) is 0.198. The van der Waals surface area contributed by atoms with Crippen molar-refractivity contribution in [2.24, 2.45) is 5.92 Å². The first-order chi connectivity index (χ1) is 8.60. The predicted molar refractivity (Wildman–Crippen MR) is 72.0 cm³/mol. The van der Waals surface area contributed by atoms with E-state index >= 15 is 0 Å². The second-order valence-corrected chi connectivity index (χ2v) is 5.10. The van der Waals surface area contributed by atoms with E-state index in [2.05, 4.69) is 5.32 Å². The van der Waals surface area contributed by atoms with Gasteiger partial charge in [-0.2, -0.15) is 0 Å². The van der Waals surface area contributed by atoms with Gasteiger partial charge in [-0.05, 0) is 31.0 Å². The molecule has 2 amide bonds.